The maximum atomic E-state index is 3.74. The second kappa shape index (κ2) is 5.92. The Balaban J connectivity index is 1.54. The molecule has 0 spiro atoms. The van der Waals surface area contributed by atoms with Gasteiger partial charge in [-0.05, 0) is 63.8 Å². The van der Waals surface area contributed by atoms with E-state index < -0.39 is 0 Å². The zero-order valence-corrected chi connectivity index (χ0v) is 12.0. The fraction of sp³-hybridized carbons (Fsp3) is 1.00. The van der Waals surface area contributed by atoms with Crippen molar-refractivity contribution in [1.29, 1.82) is 0 Å². The SMILES string of the molecule is CC1CCC(N(CC2CCCCN2)C2CC2)CC1. The molecule has 0 amide bonds. The van der Waals surface area contributed by atoms with Gasteiger partial charge in [0.2, 0.25) is 0 Å². The van der Waals surface area contributed by atoms with Crippen LogP contribution in [0, 0.1) is 5.92 Å². The standard InChI is InChI=1S/C16H30N2/c1-13-5-7-15(8-6-13)18(16-9-10-16)12-14-4-2-3-11-17-14/h13-17H,2-12H2,1H3. The third-order valence-corrected chi connectivity index (χ3v) is 5.31. The van der Waals surface area contributed by atoms with Crippen LogP contribution in [-0.4, -0.2) is 36.1 Å². The lowest BCUT2D eigenvalue weighted by molar-refractivity contribution is 0.113. The van der Waals surface area contributed by atoms with Crippen LogP contribution in [0.4, 0.5) is 0 Å². The maximum absolute atomic E-state index is 3.74. The van der Waals surface area contributed by atoms with Crippen LogP contribution in [0.1, 0.15) is 64.7 Å². The highest BCUT2D eigenvalue weighted by Gasteiger charge is 2.36. The summed E-state index contributed by atoms with van der Waals surface area (Å²) in [4.78, 5) is 2.90. The van der Waals surface area contributed by atoms with E-state index >= 15 is 0 Å². The van der Waals surface area contributed by atoms with E-state index in [-0.39, 0.29) is 0 Å². The van der Waals surface area contributed by atoms with Crippen LogP contribution in [0.15, 0.2) is 0 Å². The highest BCUT2D eigenvalue weighted by molar-refractivity contribution is 4.92. The minimum absolute atomic E-state index is 0.790. The molecule has 0 bridgehead atoms. The van der Waals surface area contributed by atoms with Crippen LogP contribution < -0.4 is 5.32 Å². The Kier molecular flexibility index (Phi) is 4.25. The van der Waals surface area contributed by atoms with Crippen molar-refractivity contribution in [2.45, 2.75) is 82.8 Å². The third kappa shape index (κ3) is 3.27. The lowest BCUT2D eigenvalue weighted by Gasteiger charge is -2.39. The first-order valence-electron chi connectivity index (χ1n) is 8.32. The summed E-state index contributed by atoms with van der Waals surface area (Å²) < 4.78 is 0. The van der Waals surface area contributed by atoms with E-state index in [1.807, 2.05) is 0 Å². The molecule has 0 aromatic heterocycles. The molecule has 3 aliphatic rings. The van der Waals surface area contributed by atoms with E-state index in [1.54, 1.807) is 0 Å². The zero-order valence-electron chi connectivity index (χ0n) is 12.0. The fourth-order valence-electron chi connectivity index (χ4n) is 3.91. The second-order valence-corrected chi connectivity index (χ2v) is 6.99. The van der Waals surface area contributed by atoms with Crippen LogP contribution in [0.2, 0.25) is 0 Å². The molecule has 0 aromatic rings. The molecule has 0 radical (unpaired) electrons. The van der Waals surface area contributed by atoms with Crippen molar-refractivity contribution in [3.63, 3.8) is 0 Å². The van der Waals surface area contributed by atoms with Gasteiger partial charge in [0.25, 0.3) is 0 Å². The quantitative estimate of drug-likeness (QED) is 0.824. The minimum Gasteiger partial charge on any atom is -0.313 e. The summed E-state index contributed by atoms with van der Waals surface area (Å²) >= 11 is 0. The number of hydrogen-bond donors (Lipinski definition) is 1. The van der Waals surface area contributed by atoms with Crippen LogP contribution in [0.5, 0.6) is 0 Å². The van der Waals surface area contributed by atoms with Gasteiger partial charge in [0, 0.05) is 24.7 Å². The van der Waals surface area contributed by atoms with Gasteiger partial charge < -0.3 is 5.32 Å². The summed E-state index contributed by atoms with van der Waals surface area (Å²) in [5.74, 6) is 0.982. The molecule has 104 valence electrons. The van der Waals surface area contributed by atoms with Crippen molar-refractivity contribution >= 4 is 0 Å². The maximum Gasteiger partial charge on any atom is 0.0195 e. The normalized spacial score (nSPS) is 38.0. The predicted octanol–water partition coefficient (Wildman–Crippen LogP) is 3.17. The van der Waals surface area contributed by atoms with Crippen molar-refractivity contribution in [1.82, 2.24) is 10.2 Å². The van der Waals surface area contributed by atoms with Crippen LogP contribution in [0.25, 0.3) is 0 Å². The van der Waals surface area contributed by atoms with Crippen molar-refractivity contribution in [2.24, 2.45) is 5.92 Å². The smallest absolute Gasteiger partial charge is 0.0195 e. The molecule has 1 atom stereocenters. The van der Waals surface area contributed by atoms with Gasteiger partial charge in [-0.3, -0.25) is 4.90 Å². The summed E-state index contributed by atoms with van der Waals surface area (Å²) in [6.45, 7) is 5.02. The highest BCUT2D eigenvalue weighted by Crippen LogP contribution is 2.35. The summed E-state index contributed by atoms with van der Waals surface area (Å²) in [6, 6.07) is 2.66. The summed E-state index contributed by atoms with van der Waals surface area (Å²) in [5.41, 5.74) is 0. The van der Waals surface area contributed by atoms with Crippen LogP contribution in [-0.2, 0) is 0 Å². The molecule has 1 N–H and O–H groups in total. The first-order valence-corrected chi connectivity index (χ1v) is 8.32. The Bertz CT molecular complexity index is 248. The number of nitrogens with one attached hydrogen (secondary N) is 1. The van der Waals surface area contributed by atoms with Crippen molar-refractivity contribution < 1.29 is 0 Å². The Morgan fingerprint density at radius 2 is 1.56 bits per heavy atom. The third-order valence-electron chi connectivity index (χ3n) is 5.31. The number of nitrogens with zero attached hydrogens (tertiary/aromatic N) is 1. The highest BCUT2D eigenvalue weighted by atomic mass is 15.2. The summed E-state index contributed by atoms with van der Waals surface area (Å²) in [7, 11) is 0. The van der Waals surface area contributed by atoms with Gasteiger partial charge >= 0.3 is 0 Å². The van der Waals surface area contributed by atoms with E-state index in [2.05, 4.69) is 17.1 Å². The average Bonchev–Trinajstić information content (AvgIpc) is 3.23. The molecule has 2 nitrogen and oxygen atoms in total. The molecule has 2 aliphatic carbocycles. The van der Waals surface area contributed by atoms with Gasteiger partial charge in [-0.25, -0.2) is 0 Å². The van der Waals surface area contributed by atoms with Gasteiger partial charge in [0.15, 0.2) is 0 Å². The van der Waals surface area contributed by atoms with E-state index in [9.17, 15) is 0 Å². The first kappa shape index (κ1) is 12.9. The monoisotopic (exact) mass is 250 g/mol. The predicted molar refractivity (Wildman–Crippen MR) is 76.8 cm³/mol. The van der Waals surface area contributed by atoms with E-state index in [4.69, 9.17) is 0 Å². The van der Waals surface area contributed by atoms with Crippen LogP contribution >= 0.6 is 0 Å². The molecule has 1 heterocycles. The molecule has 0 aromatic carbocycles. The topological polar surface area (TPSA) is 15.3 Å². The van der Waals surface area contributed by atoms with Gasteiger partial charge in [-0.1, -0.05) is 13.3 Å². The molecule has 3 rings (SSSR count). The van der Waals surface area contributed by atoms with Gasteiger partial charge in [0.1, 0.15) is 0 Å². The zero-order chi connectivity index (χ0) is 12.4. The van der Waals surface area contributed by atoms with Crippen molar-refractivity contribution in [3.05, 3.63) is 0 Å². The first-order chi connectivity index (χ1) is 8.83. The van der Waals surface area contributed by atoms with Crippen molar-refractivity contribution in [3.8, 4) is 0 Å². The lowest BCUT2D eigenvalue weighted by atomic mass is 9.86. The Morgan fingerprint density at radius 3 is 2.11 bits per heavy atom. The minimum atomic E-state index is 0.790. The largest absolute Gasteiger partial charge is 0.313 e. The molecule has 1 saturated heterocycles. The average molecular weight is 250 g/mol. The fourth-order valence-corrected chi connectivity index (χ4v) is 3.91. The van der Waals surface area contributed by atoms with Gasteiger partial charge in [-0.15, -0.1) is 0 Å². The van der Waals surface area contributed by atoms with E-state index in [1.165, 1.54) is 70.9 Å². The Labute approximate surface area is 113 Å². The second-order valence-electron chi connectivity index (χ2n) is 6.99. The van der Waals surface area contributed by atoms with Gasteiger partial charge in [0.05, 0.1) is 0 Å². The molecule has 3 fully saturated rings. The molecular formula is C16H30N2. The summed E-state index contributed by atoms with van der Waals surface area (Å²) in [5, 5.41) is 3.74. The van der Waals surface area contributed by atoms with Gasteiger partial charge in [-0.2, -0.15) is 0 Å². The number of hydrogen-bond acceptors (Lipinski definition) is 2. The molecule has 2 heteroatoms. The lowest BCUT2D eigenvalue weighted by Crippen LogP contribution is -2.49. The van der Waals surface area contributed by atoms with E-state index in [0.29, 0.717) is 0 Å². The molecular weight excluding hydrogens is 220 g/mol. The molecule has 1 unspecified atom stereocenters. The van der Waals surface area contributed by atoms with Crippen LogP contribution in [0.3, 0.4) is 0 Å². The molecule has 1 aliphatic heterocycles. The Hall–Kier alpha value is -0.0800. The summed E-state index contributed by atoms with van der Waals surface area (Å²) in [6.07, 6.45) is 13.0. The number of piperidine rings is 1. The molecule has 18 heavy (non-hydrogen) atoms. The number of rotatable bonds is 4. The van der Waals surface area contributed by atoms with Crippen molar-refractivity contribution in [2.75, 3.05) is 13.1 Å². The Morgan fingerprint density at radius 1 is 0.889 bits per heavy atom. The molecule has 2 saturated carbocycles. The van der Waals surface area contributed by atoms with E-state index in [0.717, 1.165) is 24.0 Å².